The Morgan fingerprint density at radius 2 is 1.89 bits per heavy atom. The van der Waals surface area contributed by atoms with Crippen molar-refractivity contribution in [2.45, 2.75) is 37.3 Å². The van der Waals surface area contributed by atoms with Crippen molar-refractivity contribution >= 4 is 57.8 Å². The highest BCUT2D eigenvalue weighted by molar-refractivity contribution is 7.99. The summed E-state index contributed by atoms with van der Waals surface area (Å²) in [7, 11) is 1.27. The third-order valence-electron chi connectivity index (χ3n) is 3.46. The molecule has 27 heavy (non-hydrogen) atoms. The summed E-state index contributed by atoms with van der Waals surface area (Å²) < 4.78 is 9.98. The summed E-state index contributed by atoms with van der Waals surface area (Å²) in [5.41, 5.74) is -0.666. The number of halogens is 2. The number of hydrogen-bond acceptors (Lipinski definition) is 5. The van der Waals surface area contributed by atoms with Crippen molar-refractivity contribution < 1.29 is 19.1 Å². The zero-order valence-electron chi connectivity index (χ0n) is 15.5. The zero-order valence-corrected chi connectivity index (χ0v) is 17.8. The molecule has 0 heterocycles. The molecule has 0 spiro atoms. The molecule has 5 nitrogen and oxygen atoms in total. The maximum Gasteiger partial charge on any atom is 0.408 e. The first-order chi connectivity index (χ1) is 12.6. The number of esters is 1. The molecule has 0 radical (unpaired) electrons. The van der Waals surface area contributed by atoms with Crippen LogP contribution < -0.4 is 5.32 Å². The lowest BCUT2D eigenvalue weighted by atomic mass is 10.1. The molecule has 0 aliphatic heterocycles. The number of rotatable bonds is 5. The minimum atomic E-state index is -0.869. The molecule has 146 valence electrons. The third kappa shape index (κ3) is 6.19. The number of alkyl carbamates (subject to hydrolysis) is 1. The zero-order chi connectivity index (χ0) is 20.2. The molecule has 0 saturated carbocycles. The van der Waals surface area contributed by atoms with E-state index in [0.717, 1.165) is 15.7 Å². The highest BCUT2D eigenvalue weighted by Crippen LogP contribution is 2.35. The van der Waals surface area contributed by atoms with Crippen molar-refractivity contribution in [3.63, 3.8) is 0 Å². The number of fused-ring (bicyclic) bond motifs is 1. The maximum atomic E-state index is 12.0. The van der Waals surface area contributed by atoms with E-state index >= 15 is 0 Å². The molecule has 2 aromatic rings. The fraction of sp³-hybridized carbons (Fsp3) is 0.368. The monoisotopic (exact) mass is 429 g/mol. The van der Waals surface area contributed by atoms with Gasteiger partial charge >= 0.3 is 12.1 Å². The van der Waals surface area contributed by atoms with Crippen molar-refractivity contribution in [1.29, 1.82) is 0 Å². The summed E-state index contributed by atoms with van der Waals surface area (Å²) in [5, 5.41) is 5.52. The fourth-order valence-corrected chi connectivity index (χ4v) is 3.83. The molecule has 1 amide bonds. The number of methoxy groups -OCH3 is 1. The average Bonchev–Trinajstić information content (AvgIpc) is 2.57. The van der Waals surface area contributed by atoms with Crippen LogP contribution in [0, 0.1) is 0 Å². The fourth-order valence-electron chi connectivity index (χ4n) is 2.29. The Bertz CT molecular complexity index is 851. The largest absolute Gasteiger partial charge is 0.467 e. The molecule has 2 aromatic carbocycles. The Kier molecular flexibility index (Phi) is 7.25. The van der Waals surface area contributed by atoms with Gasteiger partial charge in [-0.3, -0.25) is 0 Å². The molecule has 2 rings (SSSR count). The quantitative estimate of drug-likeness (QED) is 0.515. The summed E-state index contributed by atoms with van der Waals surface area (Å²) in [5.74, 6) is -0.317. The minimum Gasteiger partial charge on any atom is -0.467 e. The van der Waals surface area contributed by atoms with Crippen molar-refractivity contribution in [1.82, 2.24) is 5.32 Å². The van der Waals surface area contributed by atoms with Crippen LogP contribution in [-0.2, 0) is 14.3 Å². The third-order valence-corrected chi connectivity index (χ3v) is 5.37. The van der Waals surface area contributed by atoms with Crippen LogP contribution in [0.5, 0.6) is 0 Å². The smallest absolute Gasteiger partial charge is 0.408 e. The molecule has 0 aromatic heterocycles. The predicted molar refractivity (Wildman–Crippen MR) is 110 cm³/mol. The van der Waals surface area contributed by atoms with E-state index in [2.05, 4.69) is 5.32 Å². The molecule has 0 fully saturated rings. The number of ether oxygens (including phenoxy) is 2. The van der Waals surface area contributed by atoms with Gasteiger partial charge in [0.05, 0.1) is 12.1 Å². The number of thioether (sulfide) groups is 1. The molecule has 0 bridgehead atoms. The van der Waals surface area contributed by atoms with Gasteiger partial charge in [-0.1, -0.05) is 35.3 Å². The summed E-state index contributed by atoms with van der Waals surface area (Å²) >= 11 is 13.8. The summed E-state index contributed by atoms with van der Waals surface area (Å²) in [6.45, 7) is 5.24. The van der Waals surface area contributed by atoms with Crippen molar-refractivity contribution in [2.24, 2.45) is 0 Å². The van der Waals surface area contributed by atoms with Gasteiger partial charge in [0.1, 0.15) is 11.6 Å². The highest BCUT2D eigenvalue weighted by Gasteiger charge is 2.25. The number of nitrogens with one attached hydrogen (secondary N) is 1. The van der Waals surface area contributed by atoms with Crippen LogP contribution in [0.15, 0.2) is 35.2 Å². The summed E-state index contributed by atoms with van der Waals surface area (Å²) in [4.78, 5) is 24.8. The number of carbonyl (C=O) groups is 2. The van der Waals surface area contributed by atoms with E-state index in [1.807, 2.05) is 24.3 Å². The first-order valence-electron chi connectivity index (χ1n) is 8.18. The average molecular weight is 430 g/mol. The lowest BCUT2D eigenvalue weighted by Crippen LogP contribution is -2.45. The van der Waals surface area contributed by atoms with Gasteiger partial charge in [-0.2, -0.15) is 0 Å². The topological polar surface area (TPSA) is 64.6 Å². The second-order valence-electron chi connectivity index (χ2n) is 6.78. The molecular weight excluding hydrogens is 409 g/mol. The van der Waals surface area contributed by atoms with Gasteiger partial charge in [0, 0.05) is 21.1 Å². The van der Waals surface area contributed by atoms with Gasteiger partial charge in [-0.15, -0.1) is 11.8 Å². The molecule has 0 saturated heterocycles. The van der Waals surface area contributed by atoms with Crippen LogP contribution in [0.2, 0.25) is 10.0 Å². The Morgan fingerprint density at radius 3 is 2.52 bits per heavy atom. The molecule has 1 N–H and O–H groups in total. The van der Waals surface area contributed by atoms with Gasteiger partial charge in [0.25, 0.3) is 0 Å². The van der Waals surface area contributed by atoms with Crippen LogP contribution >= 0.6 is 35.0 Å². The molecule has 8 heteroatoms. The van der Waals surface area contributed by atoms with Crippen LogP contribution in [0.25, 0.3) is 10.8 Å². The van der Waals surface area contributed by atoms with Gasteiger partial charge < -0.3 is 14.8 Å². The van der Waals surface area contributed by atoms with E-state index in [9.17, 15) is 9.59 Å². The molecule has 0 unspecified atom stereocenters. The Hall–Kier alpha value is -1.63. The minimum absolute atomic E-state index is 0.241. The maximum absolute atomic E-state index is 12.0. The molecule has 0 aliphatic rings. The van der Waals surface area contributed by atoms with Gasteiger partial charge in [0.2, 0.25) is 0 Å². The lowest BCUT2D eigenvalue weighted by Gasteiger charge is -2.22. The second kappa shape index (κ2) is 9.04. The summed E-state index contributed by atoms with van der Waals surface area (Å²) in [6.07, 6.45) is -0.683. The van der Waals surface area contributed by atoms with Crippen molar-refractivity contribution in [3.05, 3.63) is 40.4 Å². The number of carbonyl (C=O) groups excluding carboxylic acids is 2. The Balaban J connectivity index is 2.13. The lowest BCUT2D eigenvalue weighted by molar-refractivity contribution is -0.142. The first-order valence-corrected chi connectivity index (χ1v) is 9.93. The van der Waals surface area contributed by atoms with Crippen LogP contribution in [-0.4, -0.2) is 36.6 Å². The Labute approximate surface area is 172 Å². The van der Waals surface area contributed by atoms with Gasteiger partial charge in [0.15, 0.2) is 0 Å². The standard InChI is InChI=1S/C19H21Cl2NO4S/c1-19(2,3)26-18(24)22-14(17(23)25-4)10-27-15-8-5-11-9-12(20)6-7-13(11)16(15)21/h5-9,14H,10H2,1-4H3,(H,22,24)/t14-/m1/s1. The first kappa shape index (κ1) is 21.7. The van der Waals surface area contributed by atoms with Crippen LogP contribution in [0.3, 0.4) is 0 Å². The van der Waals surface area contributed by atoms with Crippen LogP contribution in [0.1, 0.15) is 20.8 Å². The van der Waals surface area contributed by atoms with Crippen LogP contribution in [0.4, 0.5) is 4.79 Å². The molecule has 0 aliphatic carbocycles. The van der Waals surface area contributed by atoms with E-state index < -0.39 is 23.7 Å². The van der Waals surface area contributed by atoms with Crippen molar-refractivity contribution in [3.8, 4) is 0 Å². The number of amides is 1. The predicted octanol–water partition coefficient (Wildman–Crippen LogP) is 5.31. The van der Waals surface area contributed by atoms with E-state index in [4.69, 9.17) is 32.7 Å². The van der Waals surface area contributed by atoms with E-state index in [1.165, 1.54) is 18.9 Å². The van der Waals surface area contributed by atoms with E-state index in [-0.39, 0.29) is 5.75 Å². The van der Waals surface area contributed by atoms with Crippen molar-refractivity contribution in [2.75, 3.05) is 12.9 Å². The molecule has 1 atom stereocenters. The van der Waals surface area contributed by atoms with E-state index in [0.29, 0.717) is 10.0 Å². The molecular formula is C19H21Cl2NO4S. The van der Waals surface area contributed by atoms with Gasteiger partial charge in [-0.25, -0.2) is 9.59 Å². The number of hydrogen-bond donors (Lipinski definition) is 1. The van der Waals surface area contributed by atoms with Gasteiger partial charge in [-0.05, 0) is 44.4 Å². The Morgan fingerprint density at radius 1 is 1.19 bits per heavy atom. The normalized spacial score (nSPS) is 12.5. The summed E-state index contributed by atoms with van der Waals surface area (Å²) in [6, 6.07) is 8.34. The highest BCUT2D eigenvalue weighted by atomic mass is 35.5. The van der Waals surface area contributed by atoms with E-state index in [1.54, 1.807) is 26.8 Å². The number of benzene rings is 2. The second-order valence-corrected chi connectivity index (χ2v) is 8.65. The SMILES string of the molecule is COC(=O)[C@@H](CSc1ccc2cc(Cl)ccc2c1Cl)NC(=O)OC(C)(C)C.